The first-order valence-electron chi connectivity index (χ1n) is 6.68. The Morgan fingerprint density at radius 2 is 2.05 bits per heavy atom. The smallest absolute Gasteiger partial charge is 0.205 e. The van der Waals surface area contributed by atoms with Crippen LogP contribution in [0.4, 0.5) is 0 Å². The molecule has 0 radical (unpaired) electrons. The molecule has 3 rings (SSSR count). The van der Waals surface area contributed by atoms with Crippen molar-refractivity contribution in [2.75, 3.05) is 0 Å². The lowest BCUT2D eigenvalue weighted by Crippen LogP contribution is -2.22. The summed E-state index contributed by atoms with van der Waals surface area (Å²) >= 11 is 3.54. The van der Waals surface area contributed by atoms with Gasteiger partial charge in [0, 0.05) is 16.1 Å². The molecule has 2 aromatic carbocycles. The van der Waals surface area contributed by atoms with Gasteiger partial charge in [-0.25, -0.2) is 0 Å². The van der Waals surface area contributed by atoms with Crippen LogP contribution in [0.15, 0.2) is 52.3 Å². The average Bonchev–Trinajstić information content (AvgIpc) is 2.46. The van der Waals surface area contributed by atoms with Gasteiger partial charge in [0.15, 0.2) is 0 Å². The summed E-state index contributed by atoms with van der Waals surface area (Å²) < 4.78 is 6.44. The van der Waals surface area contributed by atoms with Crippen LogP contribution in [0.2, 0.25) is 0 Å². The monoisotopic (exact) mass is 356 g/mol. The van der Waals surface area contributed by atoms with Crippen molar-refractivity contribution < 1.29 is 9.84 Å². The van der Waals surface area contributed by atoms with Crippen molar-refractivity contribution in [1.82, 2.24) is 0 Å². The fourth-order valence-electron chi connectivity index (χ4n) is 2.80. The fourth-order valence-corrected chi connectivity index (χ4v) is 3.32. The van der Waals surface area contributed by atoms with Gasteiger partial charge < -0.3 is 15.6 Å². The van der Waals surface area contributed by atoms with E-state index in [4.69, 9.17) is 10.5 Å². The number of phenolic OH excluding ortho intramolecular Hbond substituents is 1. The summed E-state index contributed by atoms with van der Waals surface area (Å²) in [6.45, 7) is 1.88. The van der Waals surface area contributed by atoms with E-state index in [0.717, 1.165) is 21.2 Å². The quantitative estimate of drug-likeness (QED) is 0.816. The van der Waals surface area contributed by atoms with Crippen LogP contribution in [-0.4, -0.2) is 5.11 Å². The molecule has 0 saturated carbocycles. The molecule has 3 N–H and O–H groups in total. The Morgan fingerprint density at radius 3 is 2.73 bits per heavy atom. The number of hydrogen-bond donors (Lipinski definition) is 2. The molecule has 0 amide bonds. The number of aromatic hydroxyl groups is 1. The zero-order valence-electron chi connectivity index (χ0n) is 11.8. The lowest BCUT2D eigenvalue weighted by molar-refractivity contribution is 0.387. The maximum absolute atomic E-state index is 9.78. The summed E-state index contributed by atoms with van der Waals surface area (Å²) in [5.74, 6) is 0.329. The van der Waals surface area contributed by atoms with Crippen LogP contribution in [-0.2, 0) is 0 Å². The summed E-state index contributed by atoms with van der Waals surface area (Å²) in [5.41, 5.74) is 8.91. The van der Waals surface area contributed by atoms with E-state index in [9.17, 15) is 10.4 Å². The minimum absolute atomic E-state index is 0.0701. The predicted molar refractivity (Wildman–Crippen MR) is 86.3 cm³/mol. The molecule has 1 aliphatic heterocycles. The summed E-state index contributed by atoms with van der Waals surface area (Å²) in [6.07, 6.45) is 0. The van der Waals surface area contributed by atoms with Crippen LogP contribution in [0.3, 0.4) is 0 Å². The molecular weight excluding hydrogens is 344 g/mol. The summed E-state index contributed by atoms with van der Waals surface area (Å²) in [4.78, 5) is 0. The number of nitrogens with zero attached hydrogens (tertiary/aromatic N) is 1. The van der Waals surface area contributed by atoms with Crippen LogP contribution in [0, 0.1) is 18.3 Å². The summed E-state index contributed by atoms with van der Waals surface area (Å²) in [6, 6.07) is 13.0. The lowest BCUT2D eigenvalue weighted by Gasteiger charge is -2.28. The van der Waals surface area contributed by atoms with Gasteiger partial charge in [0.25, 0.3) is 0 Å². The number of nitrogens with two attached hydrogens (primary N) is 1. The molecule has 0 aliphatic carbocycles. The van der Waals surface area contributed by atoms with Gasteiger partial charge in [0.05, 0.1) is 5.92 Å². The van der Waals surface area contributed by atoms with Crippen LogP contribution in [0.5, 0.6) is 11.5 Å². The van der Waals surface area contributed by atoms with E-state index in [1.807, 2.05) is 31.2 Å². The van der Waals surface area contributed by atoms with Crippen molar-refractivity contribution in [3.05, 3.63) is 69.0 Å². The van der Waals surface area contributed by atoms with Crippen molar-refractivity contribution in [3.63, 3.8) is 0 Å². The second kappa shape index (κ2) is 5.39. The lowest BCUT2D eigenvalue weighted by atomic mass is 9.81. The minimum atomic E-state index is -0.329. The second-order valence-corrected chi connectivity index (χ2v) is 5.98. The van der Waals surface area contributed by atoms with E-state index < -0.39 is 0 Å². The normalized spacial score (nSPS) is 16.7. The number of ether oxygens (including phenoxy) is 1. The Morgan fingerprint density at radius 1 is 1.32 bits per heavy atom. The van der Waals surface area contributed by atoms with Gasteiger partial charge in [-0.3, -0.25) is 0 Å². The molecule has 0 bridgehead atoms. The molecule has 0 aromatic heterocycles. The van der Waals surface area contributed by atoms with E-state index in [0.29, 0.717) is 11.3 Å². The number of phenols is 1. The molecule has 2 aromatic rings. The molecule has 0 saturated heterocycles. The highest BCUT2D eigenvalue weighted by Gasteiger charge is 2.33. The zero-order valence-corrected chi connectivity index (χ0v) is 13.4. The number of allylic oxidation sites excluding steroid dienone is 1. The van der Waals surface area contributed by atoms with E-state index in [-0.39, 0.29) is 17.6 Å². The van der Waals surface area contributed by atoms with Crippen LogP contribution < -0.4 is 10.5 Å². The highest BCUT2D eigenvalue weighted by Crippen LogP contribution is 2.46. The number of nitriles is 1. The first-order valence-corrected chi connectivity index (χ1v) is 7.47. The molecule has 0 spiro atoms. The zero-order chi connectivity index (χ0) is 15.9. The number of halogens is 1. The number of hydrogen-bond acceptors (Lipinski definition) is 4. The number of aryl methyl sites for hydroxylation is 1. The third kappa shape index (κ3) is 2.22. The molecule has 1 atom stereocenters. The maximum Gasteiger partial charge on any atom is 0.205 e. The van der Waals surface area contributed by atoms with Gasteiger partial charge in [-0.15, -0.1) is 0 Å². The number of rotatable bonds is 1. The van der Waals surface area contributed by atoms with Crippen molar-refractivity contribution in [2.45, 2.75) is 12.8 Å². The first-order chi connectivity index (χ1) is 10.5. The second-order valence-electron chi connectivity index (χ2n) is 5.12. The summed E-state index contributed by atoms with van der Waals surface area (Å²) in [5, 5.41) is 19.3. The van der Waals surface area contributed by atoms with E-state index in [1.165, 1.54) is 6.07 Å². The molecular formula is C17H13BrN2O2. The van der Waals surface area contributed by atoms with Gasteiger partial charge >= 0.3 is 0 Å². The topological polar surface area (TPSA) is 79.3 Å². The standard InChI is InChI=1S/C17H13BrN2O2/c1-9-6-10(21)7-14-15(9)16(12(8-19)17(20)22-14)11-4-2-3-5-13(11)18/h2-7,16,21H,20H2,1H3. The van der Waals surface area contributed by atoms with Gasteiger partial charge in [0.1, 0.15) is 23.1 Å². The molecule has 5 heteroatoms. The van der Waals surface area contributed by atoms with Gasteiger partial charge in [-0.1, -0.05) is 34.1 Å². The Kier molecular flexibility index (Phi) is 3.55. The van der Waals surface area contributed by atoms with Gasteiger partial charge in [-0.05, 0) is 30.2 Å². The van der Waals surface area contributed by atoms with Gasteiger partial charge in [-0.2, -0.15) is 5.26 Å². The predicted octanol–water partition coefficient (Wildman–Crippen LogP) is 3.68. The molecule has 22 heavy (non-hydrogen) atoms. The SMILES string of the molecule is Cc1cc(O)cc2c1C(c1ccccc1Br)C(C#N)=C(N)O2. The highest BCUT2D eigenvalue weighted by molar-refractivity contribution is 9.10. The molecule has 1 unspecified atom stereocenters. The number of fused-ring (bicyclic) bond motifs is 1. The van der Waals surface area contributed by atoms with Gasteiger partial charge in [0.2, 0.25) is 5.88 Å². The molecule has 1 heterocycles. The van der Waals surface area contributed by atoms with Crippen molar-refractivity contribution in [3.8, 4) is 17.6 Å². The third-order valence-corrected chi connectivity index (χ3v) is 4.46. The molecule has 0 fully saturated rings. The minimum Gasteiger partial charge on any atom is -0.508 e. The highest BCUT2D eigenvalue weighted by atomic mass is 79.9. The molecule has 4 nitrogen and oxygen atoms in total. The summed E-state index contributed by atoms with van der Waals surface area (Å²) in [7, 11) is 0. The van der Waals surface area contributed by atoms with E-state index in [1.54, 1.807) is 6.07 Å². The van der Waals surface area contributed by atoms with E-state index >= 15 is 0 Å². The Hall–Kier alpha value is -2.45. The third-order valence-electron chi connectivity index (χ3n) is 3.73. The van der Waals surface area contributed by atoms with Crippen LogP contribution in [0.25, 0.3) is 0 Å². The average molecular weight is 357 g/mol. The number of benzene rings is 2. The Bertz CT molecular complexity index is 837. The van der Waals surface area contributed by atoms with Crippen molar-refractivity contribution in [2.24, 2.45) is 5.73 Å². The maximum atomic E-state index is 9.78. The fraction of sp³-hybridized carbons (Fsp3) is 0.118. The van der Waals surface area contributed by atoms with Crippen molar-refractivity contribution >= 4 is 15.9 Å². The van der Waals surface area contributed by atoms with Crippen LogP contribution >= 0.6 is 15.9 Å². The Labute approximate surface area is 136 Å². The van der Waals surface area contributed by atoms with Crippen LogP contribution in [0.1, 0.15) is 22.6 Å². The molecule has 1 aliphatic rings. The van der Waals surface area contributed by atoms with Crippen molar-refractivity contribution in [1.29, 1.82) is 5.26 Å². The first kappa shape index (κ1) is 14.5. The Balaban J connectivity index is 2.33. The molecule has 110 valence electrons. The largest absolute Gasteiger partial charge is 0.508 e. The van der Waals surface area contributed by atoms with E-state index in [2.05, 4.69) is 22.0 Å².